The number of H-pyrrole nitrogens is 1. The van der Waals surface area contributed by atoms with Crippen LogP contribution < -0.4 is 10.5 Å². The fourth-order valence-electron chi connectivity index (χ4n) is 1.85. The van der Waals surface area contributed by atoms with E-state index >= 15 is 0 Å². The van der Waals surface area contributed by atoms with Crippen molar-refractivity contribution in [2.24, 2.45) is 0 Å². The Balaban J connectivity index is 2.12. The van der Waals surface area contributed by atoms with Crippen LogP contribution in [0.5, 0.6) is 11.6 Å². The van der Waals surface area contributed by atoms with Crippen molar-refractivity contribution in [3.05, 3.63) is 40.2 Å². The van der Waals surface area contributed by atoms with Gasteiger partial charge in [0.25, 0.3) is 5.88 Å². The molecule has 2 aromatic heterocycles. The van der Waals surface area contributed by atoms with E-state index < -0.39 is 4.92 Å². The van der Waals surface area contributed by atoms with Crippen LogP contribution >= 0.6 is 0 Å². The van der Waals surface area contributed by atoms with Crippen LogP contribution in [-0.4, -0.2) is 24.9 Å². The van der Waals surface area contributed by atoms with Gasteiger partial charge in [0.1, 0.15) is 5.52 Å². The summed E-state index contributed by atoms with van der Waals surface area (Å²) in [6.07, 6.45) is 1.41. The number of nitrogen functional groups attached to an aromatic ring is 1. The Morgan fingerprint density at radius 1 is 1.38 bits per heavy atom. The van der Waals surface area contributed by atoms with Gasteiger partial charge < -0.3 is 15.5 Å². The van der Waals surface area contributed by atoms with Crippen LogP contribution in [0.2, 0.25) is 0 Å². The van der Waals surface area contributed by atoms with E-state index in [0.29, 0.717) is 11.2 Å². The van der Waals surface area contributed by atoms with Crippen LogP contribution in [0.25, 0.3) is 11.2 Å². The number of rotatable bonds is 3. The second kappa shape index (κ2) is 4.71. The van der Waals surface area contributed by atoms with Crippen molar-refractivity contribution in [2.75, 3.05) is 5.73 Å². The Hall–Kier alpha value is -3.23. The quantitative estimate of drug-likeness (QED) is 0.555. The fraction of sp³-hybridized carbons (Fsp3) is 0.0833. The summed E-state index contributed by atoms with van der Waals surface area (Å²) in [5, 5.41) is 11.1. The highest BCUT2D eigenvalue weighted by Crippen LogP contribution is 2.33. The maximum atomic E-state index is 11.1. The summed E-state index contributed by atoms with van der Waals surface area (Å²) < 4.78 is 5.56. The highest BCUT2D eigenvalue weighted by atomic mass is 16.6. The molecule has 0 saturated carbocycles. The van der Waals surface area contributed by atoms with Crippen molar-refractivity contribution in [2.45, 2.75) is 6.92 Å². The van der Waals surface area contributed by atoms with E-state index in [4.69, 9.17) is 10.5 Å². The molecule has 0 spiro atoms. The molecule has 0 aliphatic rings. The molecule has 0 atom stereocenters. The third-order valence-corrected chi connectivity index (χ3v) is 2.79. The molecule has 3 aromatic rings. The van der Waals surface area contributed by atoms with Crippen LogP contribution in [0.3, 0.4) is 0 Å². The molecule has 0 unspecified atom stereocenters. The predicted octanol–water partition coefficient (Wildman–Crippen LogP) is 1.94. The first-order valence-electron chi connectivity index (χ1n) is 5.94. The molecule has 9 heteroatoms. The number of hydrogen-bond acceptors (Lipinski definition) is 7. The van der Waals surface area contributed by atoms with Crippen molar-refractivity contribution in [3.63, 3.8) is 0 Å². The molecule has 0 bridgehead atoms. The van der Waals surface area contributed by atoms with Gasteiger partial charge in [-0.15, -0.1) is 0 Å². The molecule has 0 fully saturated rings. The number of nitro groups is 1. The van der Waals surface area contributed by atoms with Gasteiger partial charge in [-0.2, -0.15) is 9.97 Å². The average molecular weight is 286 g/mol. The van der Waals surface area contributed by atoms with Crippen LogP contribution in [0.4, 0.5) is 11.6 Å². The van der Waals surface area contributed by atoms with E-state index in [2.05, 4.69) is 19.9 Å². The van der Waals surface area contributed by atoms with Gasteiger partial charge in [0.05, 0.1) is 11.3 Å². The largest absolute Gasteiger partial charge is 0.430 e. The van der Waals surface area contributed by atoms with Crippen molar-refractivity contribution in [1.29, 1.82) is 0 Å². The number of nitrogens with one attached hydrogen (secondary N) is 1. The zero-order chi connectivity index (χ0) is 15.0. The van der Waals surface area contributed by atoms with Crippen LogP contribution in [-0.2, 0) is 0 Å². The second-order valence-corrected chi connectivity index (χ2v) is 4.32. The summed E-state index contributed by atoms with van der Waals surface area (Å²) in [5.74, 6) is 0.137. The van der Waals surface area contributed by atoms with E-state index in [0.717, 1.165) is 5.56 Å². The minimum Gasteiger partial charge on any atom is -0.430 e. The summed E-state index contributed by atoms with van der Waals surface area (Å²) in [7, 11) is 0. The minimum atomic E-state index is -0.524. The molecule has 2 heterocycles. The minimum absolute atomic E-state index is 0.0279. The lowest BCUT2D eigenvalue weighted by Crippen LogP contribution is -2.00. The normalized spacial score (nSPS) is 10.7. The zero-order valence-corrected chi connectivity index (χ0v) is 10.9. The number of benzene rings is 1. The molecule has 3 rings (SSSR count). The van der Waals surface area contributed by atoms with Gasteiger partial charge >= 0.3 is 5.69 Å². The van der Waals surface area contributed by atoms with Crippen molar-refractivity contribution < 1.29 is 9.66 Å². The molecule has 0 aliphatic heterocycles. The molecule has 21 heavy (non-hydrogen) atoms. The molecule has 9 nitrogen and oxygen atoms in total. The summed E-state index contributed by atoms with van der Waals surface area (Å²) in [4.78, 5) is 25.2. The molecule has 0 radical (unpaired) electrons. The molecule has 0 saturated heterocycles. The number of fused-ring (bicyclic) bond motifs is 1. The van der Waals surface area contributed by atoms with Crippen LogP contribution in [0.15, 0.2) is 24.5 Å². The summed E-state index contributed by atoms with van der Waals surface area (Å²) in [6, 6.07) is 4.56. The lowest BCUT2D eigenvalue weighted by Gasteiger charge is -2.07. The van der Waals surface area contributed by atoms with Crippen LogP contribution in [0, 0.1) is 17.0 Å². The number of hydrogen-bond donors (Lipinski definition) is 2. The van der Waals surface area contributed by atoms with Gasteiger partial charge in [0.2, 0.25) is 11.7 Å². The molecule has 0 amide bonds. The van der Waals surface area contributed by atoms with E-state index in [1.165, 1.54) is 12.4 Å². The molecular formula is C12H10N6O3. The van der Waals surface area contributed by atoms with E-state index in [-0.39, 0.29) is 23.3 Å². The Labute approximate surface area is 118 Å². The lowest BCUT2D eigenvalue weighted by molar-refractivity contribution is -0.385. The number of imidazole rings is 1. The predicted molar refractivity (Wildman–Crippen MR) is 74.0 cm³/mol. The number of anilines is 1. The number of nitrogens with zero attached hydrogens (tertiary/aromatic N) is 4. The number of aromatic nitrogens is 4. The summed E-state index contributed by atoms with van der Waals surface area (Å²) in [5.41, 5.74) is 6.98. The number of nitro benzene ring substituents is 1. The van der Waals surface area contributed by atoms with Gasteiger partial charge in [-0.3, -0.25) is 10.1 Å². The average Bonchev–Trinajstić information content (AvgIpc) is 2.86. The molecule has 106 valence electrons. The van der Waals surface area contributed by atoms with Gasteiger partial charge in [-0.05, 0) is 18.6 Å². The second-order valence-electron chi connectivity index (χ2n) is 4.32. The lowest BCUT2D eigenvalue weighted by atomic mass is 10.2. The monoisotopic (exact) mass is 286 g/mol. The third-order valence-electron chi connectivity index (χ3n) is 2.79. The maximum absolute atomic E-state index is 11.1. The Bertz CT molecular complexity index is 844. The topological polar surface area (TPSA) is 133 Å². The SMILES string of the molecule is Cc1ccc([N+](=O)[O-])c(Oc2nc(N)nc3nc[nH]c23)c1. The molecule has 1 aromatic carbocycles. The van der Waals surface area contributed by atoms with Gasteiger partial charge in [0, 0.05) is 6.07 Å². The fourth-order valence-corrected chi connectivity index (χ4v) is 1.85. The van der Waals surface area contributed by atoms with E-state index in [1.807, 2.05) is 0 Å². The third kappa shape index (κ3) is 2.31. The van der Waals surface area contributed by atoms with Gasteiger partial charge in [-0.1, -0.05) is 6.07 Å². The summed E-state index contributed by atoms with van der Waals surface area (Å²) >= 11 is 0. The molecule has 3 N–H and O–H groups in total. The highest BCUT2D eigenvalue weighted by molar-refractivity contribution is 5.77. The Morgan fingerprint density at radius 3 is 2.95 bits per heavy atom. The summed E-state index contributed by atoms with van der Waals surface area (Å²) in [6.45, 7) is 1.80. The first-order chi connectivity index (χ1) is 10.0. The first-order valence-corrected chi connectivity index (χ1v) is 5.94. The number of nitrogens with two attached hydrogens (primary N) is 1. The smallest absolute Gasteiger partial charge is 0.311 e. The first kappa shape index (κ1) is 12.8. The number of aromatic amines is 1. The molecule has 0 aliphatic carbocycles. The van der Waals surface area contributed by atoms with Crippen molar-refractivity contribution >= 4 is 22.8 Å². The van der Waals surface area contributed by atoms with E-state index in [9.17, 15) is 10.1 Å². The Kier molecular flexibility index (Phi) is 2.87. The number of ether oxygens (including phenoxy) is 1. The van der Waals surface area contributed by atoms with Crippen molar-refractivity contribution in [3.8, 4) is 11.6 Å². The standard InChI is InChI=1S/C12H10N6O3/c1-6-2-3-7(18(19)20)8(4-6)21-11-9-10(15-5-14-9)16-12(13)17-11/h2-5H,1H3,(H3,13,14,15,16,17). The van der Waals surface area contributed by atoms with E-state index in [1.54, 1.807) is 19.1 Å². The van der Waals surface area contributed by atoms with Gasteiger partial charge in [-0.25, -0.2) is 4.98 Å². The van der Waals surface area contributed by atoms with Crippen LogP contribution in [0.1, 0.15) is 5.56 Å². The zero-order valence-electron chi connectivity index (χ0n) is 10.9. The van der Waals surface area contributed by atoms with Gasteiger partial charge in [0.15, 0.2) is 5.65 Å². The van der Waals surface area contributed by atoms with Crippen molar-refractivity contribution in [1.82, 2.24) is 19.9 Å². The Morgan fingerprint density at radius 2 is 2.19 bits per heavy atom. The molecular weight excluding hydrogens is 276 g/mol. The number of aryl methyl sites for hydroxylation is 1. The maximum Gasteiger partial charge on any atom is 0.311 e. The highest BCUT2D eigenvalue weighted by Gasteiger charge is 2.18.